The lowest BCUT2D eigenvalue weighted by Crippen LogP contribution is -2.20. The molecule has 0 saturated carbocycles. The minimum atomic E-state index is -0.0776. The molecule has 0 bridgehead atoms. The van der Waals surface area contributed by atoms with E-state index in [2.05, 4.69) is 48.5 Å². The third-order valence-electron chi connectivity index (χ3n) is 13.7. The smallest absolute Gasteiger partial charge is 0.203 e. The van der Waals surface area contributed by atoms with Crippen LogP contribution in [-0.4, -0.2) is 99.5 Å². The van der Waals surface area contributed by atoms with Crippen LogP contribution >= 0.6 is 0 Å². The number of aryl methyl sites for hydroxylation is 5. The number of hydrogen-bond donors (Lipinski definition) is 0. The molecule has 0 aliphatic rings. The third kappa shape index (κ3) is 13.0. The molecule has 74 heavy (non-hydrogen) atoms. The Morgan fingerprint density at radius 2 is 0.554 bits per heavy atom. The Morgan fingerprint density at radius 1 is 0.270 bits per heavy atom. The van der Waals surface area contributed by atoms with Crippen LogP contribution in [0.25, 0.3) is 0 Å². The minimum Gasteiger partial charge on any atom is -0.496 e. The van der Waals surface area contributed by atoms with Crippen molar-refractivity contribution >= 4 is 0 Å². The first-order valence-corrected chi connectivity index (χ1v) is 24.5. The first-order chi connectivity index (χ1) is 36.0. The summed E-state index contributed by atoms with van der Waals surface area (Å²) in [5.41, 5.74) is 8.57. The van der Waals surface area contributed by atoms with Gasteiger partial charge in [0.2, 0.25) is 23.0 Å². The Bertz CT molecular complexity index is 2690. The van der Waals surface area contributed by atoms with Crippen molar-refractivity contribution in [3.63, 3.8) is 0 Å². The Kier molecular flexibility index (Phi) is 20.4. The Balaban J connectivity index is 1.42. The summed E-state index contributed by atoms with van der Waals surface area (Å²) in [6.07, 6.45) is 5.73. The molecule has 0 amide bonds. The SMILES string of the molecule is COc1cc(C[C@@H](CCc2cc(OC)c(OC)c(OC)c2)[C@@H](Cc2ccc(CCc3cc(OC)c(OC)c(OC)c3)c(OC)c2)c2cc(OC)c(OC)c(OC)c2)ccc1CCc1cc(OC)c(OC)c(OC)c1. The van der Waals surface area contributed by atoms with Gasteiger partial charge >= 0.3 is 0 Å². The van der Waals surface area contributed by atoms with Crippen LogP contribution in [0.15, 0.2) is 84.9 Å². The van der Waals surface area contributed by atoms with E-state index < -0.39 is 0 Å². The van der Waals surface area contributed by atoms with Crippen molar-refractivity contribution in [3.05, 3.63) is 129 Å². The molecule has 0 heterocycles. The van der Waals surface area contributed by atoms with Gasteiger partial charge in [-0.15, -0.1) is 0 Å². The molecule has 2 atom stereocenters. The first-order valence-electron chi connectivity index (χ1n) is 24.5. The van der Waals surface area contributed by atoms with E-state index in [-0.39, 0.29) is 11.8 Å². The molecule has 14 nitrogen and oxygen atoms in total. The summed E-state index contributed by atoms with van der Waals surface area (Å²) in [5, 5.41) is 0. The van der Waals surface area contributed by atoms with Crippen molar-refractivity contribution in [2.24, 2.45) is 5.92 Å². The van der Waals surface area contributed by atoms with E-state index in [1.54, 1.807) is 99.5 Å². The van der Waals surface area contributed by atoms with E-state index in [9.17, 15) is 0 Å². The summed E-state index contributed by atoms with van der Waals surface area (Å²) < 4.78 is 81.2. The lowest BCUT2D eigenvalue weighted by Gasteiger charge is -2.30. The molecule has 0 aromatic heterocycles. The average molecular weight is 1020 g/mol. The van der Waals surface area contributed by atoms with Crippen LogP contribution in [0.1, 0.15) is 56.8 Å². The maximum Gasteiger partial charge on any atom is 0.203 e. The molecule has 6 aromatic carbocycles. The van der Waals surface area contributed by atoms with E-state index in [0.717, 1.165) is 88.1 Å². The molecule has 6 aromatic rings. The fraction of sp³-hybridized carbons (Fsp3) is 0.400. The maximum atomic E-state index is 6.14. The molecule has 14 heteroatoms. The maximum absolute atomic E-state index is 6.14. The third-order valence-corrected chi connectivity index (χ3v) is 13.7. The van der Waals surface area contributed by atoms with Gasteiger partial charge < -0.3 is 66.3 Å². The van der Waals surface area contributed by atoms with E-state index in [1.807, 2.05) is 36.4 Å². The first kappa shape index (κ1) is 55.8. The van der Waals surface area contributed by atoms with Crippen LogP contribution in [0, 0.1) is 5.92 Å². The zero-order valence-corrected chi connectivity index (χ0v) is 45.6. The second-order valence-corrected chi connectivity index (χ2v) is 17.7. The molecule has 0 N–H and O–H groups in total. The molecule has 0 aliphatic carbocycles. The van der Waals surface area contributed by atoms with Gasteiger partial charge in [-0.25, -0.2) is 0 Å². The fourth-order valence-electron chi connectivity index (χ4n) is 9.87. The molecule has 6 rings (SSSR count). The quantitative estimate of drug-likeness (QED) is 0.0442. The van der Waals surface area contributed by atoms with Gasteiger partial charge in [0, 0.05) is 0 Å². The molecular weight excluding hydrogens is 945 g/mol. The van der Waals surface area contributed by atoms with E-state index in [1.165, 1.54) is 0 Å². The number of benzene rings is 6. The predicted octanol–water partition coefficient (Wildman–Crippen LogP) is 11.2. The fourth-order valence-corrected chi connectivity index (χ4v) is 9.87. The molecule has 0 spiro atoms. The Morgan fingerprint density at radius 3 is 0.865 bits per heavy atom. The largest absolute Gasteiger partial charge is 0.496 e. The topological polar surface area (TPSA) is 129 Å². The van der Waals surface area contributed by atoms with Crippen molar-refractivity contribution in [1.29, 1.82) is 0 Å². The van der Waals surface area contributed by atoms with Crippen molar-refractivity contribution in [3.8, 4) is 80.5 Å². The highest BCUT2D eigenvalue weighted by Crippen LogP contribution is 2.46. The van der Waals surface area contributed by atoms with Gasteiger partial charge in [-0.1, -0.05) is 24.3 Å². The van der Waals surface area contributed by atoms with Gasteiger partial charge in [0.05, 0.1) is 99.5 Å². The number of rotatable bonds is 29. The summed E-state index contributed by atoms with van der Waals surface area (Å²) in [5.74, 6) is 8.59. The predicted molar refractivity (Wildman–Crippen MR) is 287 cm³/mol. The number of methoxy groups -OCH3 is 14. The van der Waals surface area contributed by atoms with Gasteiger partial charge in [0.1, 0.15) is 11.5 Å². The van der Waals surface area contributed by atoms with Crippen LogP contribution in [0.2, 0.25) is 0 Å². The minimum absolute atomic E-state index is 0.0392. The van der Waals surface area contributed by atoms with E-state index in [4.69, 9.17) is 66.3 Å². The monoisotopic (exact) mass is 1020 g/mol. The molecule has 0 saturated heterocycles. The summed E-state index contributed by atoms with van der Waals surface area (Å²) in [7, 11) is 23.0. The molecule has 398 valence electrons. The summed E-state index contributed by atoms with van der Waals surface area (Å²) in [6, 6.07) is 29.3. The zero-order chi connectivity index (χ0) is 53.3. The highest BCUT2D eigenvalue weighted by atomic mass is 16.6. The molecular formula is C60H74O14. The van der Waals surface area contributed by atoms with Gasteiger partial charge in [-0.05, 0) is 168 Å². The highest BCUT2D eigenvalue weighted by Gasteiger charge is 2.29. The number of ether oxygens (including phenoxy) is 14. The van der Waals surface area contributed by atoms with Crippen molar-refractivity contribution in [2.45, 2.75) is 57.3 Å². The van der Waals surface area contributed by atoms with Crippen LogP contribution in [0.4, 0.5) is 0 Å². The normalized spacial score (nSPS) is 11.7. The van der Waals surface area contributed by atoms with Crippen molar-refractivity contribution < 1.29 is 66.3 Å². The average Bonchev–Trinajstić information content (AvgIpc) is 3.44. The van der Waals surface area contributed by atoms with Crippen LogP contribution in [0.5, 0.6) is 80.5 Å². The lowest BCUT2D eigenvalue weighted by molar-refractivity contribution is 0.320. The summed E-state index contributed by atoms with van der Waals surface area (Å²) >= 11 is 0. The Labute approximate surface area is 437 Å². The lowest BCUT2D eigenvalue weighted by atomic mass is 9.75. The van der Waals surface area contributed by atoms with Gasteiger partial charge in [0.15, 0.2) is 46.0 Å². The molecule has 0 aliphatic heterocycles. The standard InChI is InChI=1S/C60H74O14/c1-61-47-27-37(15-20-42(47)22-17-39-29-49(63-3)57(71-11)50(30-39)64-4)25-44(24-19-41-33-53(67-7)59(73-13)54(34-41)68-8)46(45-35-55(69-9)60(74-14)56(36-45)70-10)26-38-16-21-43(48(28-38)62-2)23-18-40-31-51(65-5)58(72-12)52(32-40)66-6/h15-16,20-21,27-36,44,46H,17-19,22-26H2,1-14H3/t44-,46-/m1/s1. The van der Waals surface area contributed by atoms with Crippen molar-refractivity contribution in [1.82, 2.24) is 0 Å². The van der Waals surface area contributed by atoms with Gasteiger partial charge in [0.25, 0.3) is 0 Å². The molecule has 0 fully saturated rings. The number of hydrogen-bond acceptors (Lipinski definition) is 14. The van der Waals surface area contributed by atoms with Gasteiger partial charge in [-0.2, -0.15) is 0 Å². The van der Waals surface area contributed by atoms with E-state index in [0.29, 0.717) is 88.3 Å². The summed E-state index contributed by atoms with van der Waals surface area (Å²) in [4.78, 5) is 0. The second kappa shape index (κ2) is 27.0. The van der Waals surface area contributed by atoms with Gasteiger partial charge in [-0.3, -0.25) is 0 Å². The molecule has 0 unspecified atom stereocenters. The second-order valence-electron chi connectivity index (χ2n) is 17.7. The van der Waals surface area contributed by atoms with Crippen LogP contribution in [0.3, 0.4) is 0 Å². The molecule has 0 radical (unpaired) electrons. The zero-order valence-electron chi connectivity index (χ0n) is 45.6. The summed E-state index contributed by atoms with van der Waals surface area (Å²) in [6.45, 7) is 0. The van der Waals surface area contributed by atoms with Crippen LogP contribution < -0.4 is 66.3 Å². The Hall–Kier alpha value is -7.48. The highest BCUT2D eigenvalue weighted by molar-refractivity contribution is 5.57. The van der Waals surface area contributed by atoms with Crippen LogP contribution in [-0.2, 0) is 44.9 Å². The van der Waals surface area contributed by atoms with Crippen molar-refractivity contribution in [2.75, 3.05) is 99.5 Å². The van der Waals surface area contributed by atoms with E-state index >= 15 is 0 Å².